The normalized spacial score (nSPS) is 16.6. The molecule has 0 radical (unpaired) electrons. The Morgan fingerprint density at radius 3 is 3.04 bits per heavy atom. The number of nitrogens with zero attached hydrogens (tertiary/aromatic N) is 3. The summed E-state index contributed by atoms with van der Waals surface area (Å²) in [6.07, 6.45) is 3.29. The Hall–Kier alpha value is -3.16. The number of fused-ring (bicyclic) bond motifs is 2. The number of primary amides is 1. The Kier molecular flexibility index (Phi) is 3.52. The molecule has 0 aliphatic carbocycles. The van der Waals surface area contributed by atoms with Crippen LogP contribution in [0.4, 0.5) is 5.69 Å². The Labute approximate surface area is 143 Å². The van der Waals surface area contributed by atoms with E-state index in [4.69, 9.17) is 5.73 Å². The second-order valence-electron chi connectivity index (χ2n) is 6.32. The summed E-state index contributed by atoms with van der Waals surface area (Å²) < 4.78 is 2.15. The van der Waals surface area contributed by atoms with Gasteiger partial charge in [-0.15, -0.1) is 0 Å². The predicted molar refractivity (Wildman–Crippen MR) is 92.0 cm³/mol. The fourth-order valence-electron chi connectivity index (χ4n) is 3.37. The fraction of sp³-hybridized carbons (Fsp3) is 0.294. The highest BCUT2D eigenvalue weighted by Crippen LogP contribution is 2.25. The number of hydrogen-bond donors (Lipinski definition) is 3. The molecular formula is C17H18N6O2. The number of H-pyrrole nitrogens is 1. The molecule has 1 atom stereocenters. The molecule has 0 spiro atoms. The van der Waals surface area contributed by atoms with E-state index in [0.717, 1.165) is 24.5 Å². The van der Waals surface area contributed by atoms with Gasteiger partial charge in [-0.1, -0.05) is 0 Å². The minimum atomic E-state index is -0.606. The van der Waals surface area contributed by atoms with Gasteiger partial charge in [-0.2, -0.15) is 5.10 Å². The SMILES string of the molecule is Cc1ncc2n1CCC(C(=O)Nc1ccc3[nH]nc(C(N)=O)c3c1)C2. The molecule has 2 amide bonds. The molecule has 3 heterocycles. The molecule has 1 aromatic carbocycles. The molecule has 3 aromatic rings. The van der Waals surface area contributed by atoms with E-state index >= 15 is 0 Å². The number of aryl methyl sites for hydroxylation is 1. The standard InChI is InChI=1S/C17H18N6O2/c1-9-19-8-12-6-10(4-5-23(9)12)17(25)20-11-2-3-14-13(7-11)15(16(18)24)22-21-14/h2-3,7-8,10H,4-6H2,1H3,(H2,18,24)(H,20,25)(H,21,22). The summed E-state index contributed by atoms with van der Waals surface area (Å²) in [6, 6.07) is 5.26. The van der Waals surface area contributed by atoms with Gasteiger partial charge in [0, 0.05) is 41.8 Å². The number of hydrogen-bond acceptors (Lipinski definition) is 4. The average molecular weight is 338 g/mol. The smallest absolute Gasteiger partial charge is 0.269 e. The van der Waals surface area contributed by atoms with Crippen molar-refractivity contribution in [1.82, 2.24) is 19.7 Å². The summed E-state index contributed by atoms with van der Waals surface area (Å²) in [5.41, 5.74) is 7.90. The van der Waals surface area contributed by atoms with Gasteiger partial charge in [-0.05, 0) is 31.5 Å². The number of benzene rings is 1. The van der Waals surface area contributed by atoms with E-state index in [1.165, 1.54) is 0 Å². The number of nitrogens with two attached hydrogens (primary N) is 1. The number of aromatic nitrogens is 4. The van der Waals surface area contributed by atoms with Crippen LogP contribution in [-0.2, 0) is 17.8 Å². The highest BCUT2D eigenvalue weighted by Gasteiger charge is 2.26. The van der Waals surface area contributed by atoms with Crippen LogP contribution < -0.4 is 11.1 Å². The first-order valence-electron chi connectivity index (χ1n) is 8.12. The third-order valence-electron chi connectivity index (χ3n) is 4.73. The number of carbonyl (C=O) groups excluding carboxylic acids is 2. The van der Waals surface area contributed by atoms with Crippen LogP contribution in [0.1, 0.15) is 28.4 Å². The number of amides is 2. The number of nitrogens with one attached hydrogen (secondary N) is 2. The lowest BCUT2D eigenvalue weighted by Gasteiger charge is -2.23. The number of rotatable bonds is 3. The van der Waals surface area contributed by atoms with E-state index < -0.39 is 5.91 Å². The maximum atomic E-state index is 12.6. The van der Waals surface area contributed by atoms with Gasteiger partial charge in [-0.25, -0.2) is 4.98 Å². The van der Waals surface area contributed by atoms with Crippen molar-refractivity contribution >= 4 is 28.4 Å². The Bertz CT molecular complexity index is 986. The van der Waals surface area contributed by atoms with Gasteiger partial charge in [0.1, 0.15) is 5.82 Å². The largest absolute Gasteiger partial charge is 0.364 e. The first kappa shape index (κ1) is 15.4. The molecule has 4 N–H and O–H groups in total. The fourth-order valence-corrected chi connectivity index (χ4v) is 3.37. The van der Waals surface area contributed by atoms with E-state index in [1.807, 2.05) is 13.1 Å². The van der Waals surface area contributed by atoms with Crippen LogP contribution in [0.5, 0.6) is 0 Å². The van der Waals surface area contributed by atoms with Crippen molar-refractivity contribution in [3.8, 4) is 0 Å². The highest BCUT2D eigenvalue weighted by atomic mass is 16.2. The van der Waals surface area contributed by atoms with Crippen molar-refractivity contribution in [3.05, 3.63) is 41.6 Å². The lowest BCUT2D eigenvalue weighted by Crippen LogP contribution is -2.30. The van der Waals surface area contributed by atoms with Gasteiger partial charge in [0.05, 0.1) is 5.52 Å². The zero-order valence-corrected chi connectivity index (χ0v) is 13.7. The van der Waals surface area contributed by atoms with Crippen LogP contribution >= 0.6 is 0 Å². The minimum absolute atomic E-state index is 0.0337. The second-order valence-corrected chi connectivity index (χ2v) is 6.32. The summed E-state index contributed by atoms with van der Waals surface area (Å²) in [5.74, 6) is 0.247. The van der Waals surface area contributed by atoms with E-state index in [0.29, 0.717) is 23.0 Å². The van der Waals surface area contributed by atoms with Gasteiger partial charge in [0.15, 0.2) is 5.69 Å². The van der Waals surface area contributed by atoms with Crippen molar-refractivity contribution in [3.63, 3.8) is 0 Å². The van der Waals surface area contributed by atoms with Crippen molar-refractivity contribution in [1.29, 1.82) is 0 Å². The van der Waals surface area contributed by atoms with Crippen LogP contribution in [0.15, 0.2) is 24.4 Å². The molecule has 8 nitrogen and oxygen atoms in total. The maximum absolute atomic E-state index is 12.6. The Morgan fingerprint density at radius 1 is 1.40 bits per heavy atom. The molecule has 128 valence electrons. The van der Waals surface area contributed by atoms with Gasteiger partial charge >= 0.3 is 0 Å². The summed E-state index contributed by atoms with van der Waals surface area (Å²) in [4.78, 5) is 28.3. The Morgan fingerprint density at radius 2 is 2.24 bits per heavy atom. The molecule has 4 rings (SSSR count). The highest BCUT2D eigenvalue weighted by molar-refractivity contribution is 6.05. The predicted octanol–water partition coefficient (Wildman–Crippen LogP) is 1.37. The molecule has 25 heavy (non-hydrogen) atoms. The van der Waals surface area contributed by atoms with Crippen LogP contribution in [0.3, 0.4) is 0 Å². The van der Waals surface area contributed by atoms with Crippen LogP contribution in [0.25, 0.3) is 10.9 Å². The second kappa shape index (κ2) is 5.73. The number of aromatic amines is 1. The topological polar surface area (TPSA) is 119 Å². The lowest BCUT2D eigenvalue weighted by molar-refractivity contribution is -0.120. The third-order valence-corrected chi connectivity index (χ3v) is 4.73. The first-order chi connectivity index (χ1) is 12.0. The van der Waals surface area contributed by atoms with Crippen LogP contribution in [0, 0.1) is 12.8 Å². The molecule has 8 heteroatoms. The summed E-state index contributed by atoms with van der Waals surface area (Å²) in [7, 11) is 0. The molecular weight excluding hydrogens is 320 g/mol. The van der Waals surface area contributed by atoms with Crippen molar-refractivity contribution in [2.45, 2.75) is 26.3 Å². The molecule has 0 fully saturated rings. The monoisotopic (exact) mass is 338 g/mol. The molecule has 2 aromatic heterocycles. The first-order valence-corrected chi connectivity index (χ1v) is 8.12. The third kappa shape index (κ3) is 2.65. The van der Waals surface area contributed by atoms with E-state index in [1.54, 1.807) is 18.2 Å². The summed E-state index contributed by atoms with van der Waals surface area (Å²) >= 11 is 0. The summed E-state index contributed by atoms with van der Waals surface area (Å²) in [5, 5.41) is 10.2. The molecule has 1 unspecified atom stereocenters. The quantitative estimate of drug-likeness (QED) is 0.668. The maximum Gasteiger partial charge on any atom is 0.269 e. The Balaban J connectivity index is 1.54. The van der Waals surface area contributed by atoms with Crippen LogP contribution in [0.2, 0.25) is 0 Å². The van der Waals surface area contributed by atoms with Gasteiger partial charge < -0.3 is 15.6 Å². The van der Waals surface area contributed by atoms with Gasteiger partial charge in [-0.3, -0.25) is 14.7 Å². The average Bonchev–Trinajstić information content (AvgIpc) is 3.18. The zero-order chi connectivity index (χ0) is 17.6. The van der Waals surface area contributed by atoms with Crippen molar-refractivity contribution < 1.29 is 9.59 Å². The lowest BCUT2D eigenvalue weighted by atomic mass is 9.95. The van der Waals surface area contributed by atoms with E-state index in [-0.39, 0.29) is 17.5 Å². The zero-order valence-electron chi connectivity index (χ0n) is 13.7. The van der Waals surface area contributed by atoms with Crippen LogP contribution in [-0.4, -0.2) is 31.6 Å². The van der Waals surface area contributed by atoms with Crippen molar-refractivity contribution in [2.24, 2.45) is 11.7 Å². The molecule has 0 saturated carbocycles. The van der Waals surface area contributed by atoms with Gasteiger partial charge in [0.25, 0.3) is 5.91 Å². The molecule has 0 saturated heterocycles. The molecule has 0 bridgehead atoms. The number of carbonyl (C=O) groups is 2. The molecule has 1 aliphatic heterocycles. The molecule has 1 aliphatic rings. The minimum Gasteiger partial charge on any atom is -0.364 e. The number of imidazole rings is 1. The van der Waals surface area contributed by atoms with E-state index in [2.05, 4.69) is 25.1 Å². The van der Waals surface area contributed by atoms with E-state index in [9.17, 15) is 9.59 Å². The van der Waals surface area contributed by atoms with Gasteiger partial charge in [0.2, 0.25) is 5.91 Å². The summed E-state index contributed by atoms with van der Waals surface area (Å²) in [6.45, 7) is 2.77. The number of anilines is 1. The van der Waals surface area contributed by atoms with Crippen molar-refractivity contribution in [2.75, 3.05) is 5.32 Å².